The number of benzene rings is 1. The van der Waals surface area contributed by atoms with E-state index in [1.54, 1.807) is 0 Å². The fraction of sp³-hybridized carbons (Fsp3) is 0.667. The Labute approximate surface area is 122 Å². The molecule has 2 atom stereocenters. The Morgan fingerprint density at radius 3 is 2.80 bits per heavy atom. The second kappa shape index (κ2) is 6.17. The third kappa shape index (κ3) is 2.85. The van der Waals surface area contributed by atoms with Crippen LogP contribution in [0.3, 0.4) is 0 Å². The third-order valence-corrected chi connectivity index (χ3v) is 4.90. The highest BCUT2D eigenvalue weighted by atomic mass is 16.5. The Hall–Kier alpha value is -1.02. The molecule has 2 aliphatic rings. The number of rotatable bonds is 6. The molecule has 2 aliphatic carbocycles. The van der Waals surface area contributed by atoms with E-state index in [0.29, 0.717) is 12.0 Å². The van der Waals surface area contributed by atoms with Gasteiger partial charge in [-0.1, -0.05) is 31.9 Å². The maximum Gasteiger partial charge on any atom is 0.122 e. The Morgan fingerprint density at radius 1 is 1.25 bits per heavy atom. The average Bonchev–Trinajstić information content (AvgIpc) is 3.29. The Kier molecular flexibility index (Phi) is 4.30. The van der Waals surface area contributed by atoms with Gasteiger partial charge < -0.3 is 10.1 Å². The SMILES string of the molecule is CCCN[C@@H]1CCc2cccc(OC)c2[C@@H]1CC1CC1. The van der Waals surface area contributed by atoms with Crippen LogP contribution in [-0.2, 0) is 6.42 Å². The van der Waals surface area contributed by atoms with Crippen LogP contribution in [0.15, 0.2) is 18.2 Å². The van der Waals surface area contributed by atoms with Crippen LogP contribution >= 0.6 is 0 Å². The summed E-state index contributed by atoms with van der Waals surface area (Å²) in [5.41, 5.74) is 3.02. The fourth-order valence-corrected chi connectivity index (χ4v) is 3.69. The van der Waals surface area contributed by atoms with Gasteiger partial charge in [0.15, 0.2) is 0 Å². The van der Waals surface area contributed by atoms with Gasteiger partial charge in [-0.15, -0.1) is 0 Å². The number of fused-ring (bicyclic) bond motifs is 1. The average molecular weight is 273 g/mol. The zero-order chi connectivity index (χ0) is 13.9. The summed E-state index contributed by atoms with van der Waals surface area (Å²) in [6.45, 7) is 3.39. The van der Waals surface area contributed by atoms with E-state index in [4.69, 9.17) is 4.74 Å². The van der Waals surface area contributed by atoms with Crippen molar-refractivity contribution in [1.82, 2.24) is 5.32 Å². The summed E-state index contributed by atoms with van der Waals surface area (Å²) in [5, 5.41) is 3.79. The van der Waals surface area contributed by atoms with Crippen LogP contribution in [0.25, 0.3) is 0 Å². The van der Waals surface area contributed by atoms with Gasteiger partial charge in [-0.25, -0.2) is 0 Å². The molecule has 2 heteroatoms. The number of hydrogen-bond acceptors (Lipinski definition) is 2. The van der Waals surface area contributed by atoms with Crippen molar-refractivity contribution in [2.24, 2.45) is 5.92 Å². The van der Waals surface area contributed by atoms with Crippen LogP contribution in [0.1, 0.15) is 56.1 Å². The van der Waals surface area contributed by atoms with E-state index in [1.165, 1.54) is 49.7 Å². The van der Waals surface area contributed by atoms with Crippen LogP contribution in [-0.4, -0.2) is 19.7 Å². The van der Waals surface area contributed by atoms with Gasteiger partial charge in [-0.3, -0.25) is 0 Å². The van der Waals surface area contributed by atoms with Crippen LogP contribution in [0, 0.1) is 5.92 Å². The topological polar surface area (TPSA) is 21.3 Å². The molecular weight excluding hydrogens is 246 g/mol. The first-order valence-corrected chi connectivity index (χ1v) is 8.22. The quantitative estimate of drug-likeness (QED) is 0.849. The lowest BCUT2D eigenvalue weighted by molar-refractivity contribution is 0.340. The second-order valence-corrected chi connectivity index (χ2v) is 6.42. The number of hydrogen-bond donors (Lipinski definition) is 1. The monoisotopic (exact) mass is 273 g/mol. The molecule has 20 heavy (non-hydrogen) atoms. The molecule has 3 rings (SSSR count). The van der Waals surface area contributed by atoms with Crippen LogP contribution < -0.4 is 10.1 Å². The van der Waals surface area contributed by atoms with Gasteiger partial charge >= 0.3 is 0 Å². The molecule has 2 nitrogen and oxygen atoms in total. The summed E-state index contributed by atoms with van der Waals surface area (Å²) >= 11 is 0. The minimum Gasteiger partial charge on any atom is -0.496 e. The molecule has 0 unspecified atom stereocenters. The van der Waals surface area contributed by atoms with Gasteiger partial charge in [0.1, 0.15) is 5.75 Å². The van der Waals surface area contributed by atoms with Crippen molar-refractivity contribution in [3.8, 4) is 5.75 Å². The zero-order valence-corrected chi connectivity index (χ0v) is 12.8. The predicted octanol–water partition coefficient (Wildman–Crippen LogP) is 3.89. The first-order chi connectivity index (χ1) is 9.83. The summed E-state index contributed by atoms with van der Waals surface area (Å²) in [6.07, 6.45) is 7.88. The maximum atomic E-state index is 5.67. The molecule has 0 spiro atoms. The standard InChI is InChI=1S/C18H27NO/c1-3-11-19-16-10-9-14-5-4-6-17(20-2)18(14)15(16)12-13-7-8-13/h4-6,13,15-16,19H,3,7-12H2,1-2H3/t15-,16-/m1/s1. The van der Waals surface area contributed by atoms with Crippen molar-refractivity contribution in [3.63, 3.8) is 0 Å². The van der Waals surface area contributed by atoms with Gasteiger partial charge in [0.05, 0.1) is 7.11 Å². The molecule has 0 aromatic heterocycles. The lowest BCUT2D eigenvalue weighted by atomic mass is 9.76. The lowest BCUT2D eigenvalue weighted by Gasteiger charge is -2.35. The Morgan fingerprint density at radius 2 is 2.10 bits per heavy atom. The number of methoxy groups -OCH3 is 1. The van der Waals surface area contributed by atoms with E-state index in [9.17, 15) is 0 Å². The molecular formula is C18H27NO. The van der Waals surface area contributed by atoms with Crippen molar-refractivity contribution in [2.45, 2.75) is 57.4 Å². The van der Waals surface area contributed by atoms with Crippen LogP contribution in [0.4, 0.5) is 0 Å². The highest BCUT2D eigenvalue weighted by molar-refractivity contribution is 5.45. The van der Waals surface area contributed by atoms with E-state index in [-0.39, 0.29) is 0 Å². The molecule has 1 saturated carbocycles. The van der Waals surface area contributed by atoms with E-state index in [2.05, 4.69) is 30.4 Å². The van der Waals surface area contributed by atoms with Crippen molar-refractivity contribution in [1.29, 1.82) is 0 Å². The molecule has 1 N–H and O–H groups in total. The summed E-state index contributed by atoms with van der Waals surface area (Å²) in [7, 11) is 1.81. The number of ether oxygens (including phenoxy) is 1. The largest absolute Gasteiger partial charge is 0.496 e. The highest BCUT2D eigenvalue weighted by Gasteiger charge is 2.36. The van der Waals surface area contributed by atoms with E-state index >= 15 is 0 Å². The second-order valence-electron chi connectivity index (χ2n) is 6.42. The van der Waals surface area contributed by atoms with E-state index in [1.807, 2.05) is 7.11 Å². The fourth-order valence-electron chi connectivity index (χ4n) is 3.69. The normalized spacial score (nSPS) is 25.3. The Bertz CT molecular complexity index is 438. The molecule has 0 heterocycles. The smallest absolute Gasteiger partial charge is 0.122 e. The van der Waals surface area contributed by atoms with Crippen molar-refractivity contribution < 1.29 is 4.74 Å². The van der Waals surface area contributed by atoms with Gasteiger partial charge in [0.2, 0.25) is 0 Å². The van der Waals surface area contributed by atoms with Crippen molar-refractivity contribution in [3.05, 3.63) is 29.3 Å². The van der Waals surface area contributed by atoms with E-state index in [0.717, 1.165) is 18.2 Å². The number of aryl methyl sites for hydroxylation is 1. The summed E-state index contributed by atoms with van der Waals surface area (Å²) in [4.78, 5) is 0. The zero-order valence-electron chi connectivity index (χ0n) is 12.8. The maximum absolute atomic E-state index is 5.67. The Balaban J connectivity index is 1.89. The van der Waals surface area contributed by atoms with Crippen LogP contribution in [0.5, 0.6) is 5.75 Å². The first kappa shape index (κ1) is 13.9. The first-order valence-electron chi connectivity index (χ1n) is 8.22. The number of nitrogens with one attached hydrogen (secondary N) is 1. The molecule has 1 aromatic carbocycles. The summed E-state index contributed by atoms with van der Waals surface area (Å²) in [5.74, 6) is 2.71. The molecule has 0 saturated heterocycles. The lowest BCUT2D eigenvalue weighted by Crippen LogP contribution is -2.39. The molecule has 0 amide bonds. The molecule has 0 aliphatic heterocycles. The third-order valence-electron chi connectivity index (χ3n) is 4.90. The molecule has 110 valence electrons. The van der Waals surface area contributed by atoms with Gasteiger partial charge in [0, 0.05) is 17.5 Å². The minimum atomic E-state index is 0.638. The predicted molar refractivity (Wildman–Crippen MR) is 83.5 cm³/mol. The van der Waals surface area contributed by atoms with Crippen molar-refractivity contribution >= 4 is 0 Å². The molecule has 0 radical (unpaired) electrons. The van der Waals surface area contributed by atoms with Crippen molar-refractivity contribution in [2.75, 3.05) is 13.7 Å². The molecule has 1 fully saturated rings. The van der Waals surface area contributed by atoms with Gasteiger partial charge in [-0.2, -0.15) is 0 Å². The summed E-state index contributed by atoms with van der Waals surface area (Å²) < 4.78 is 5.67. The molecule has 1 aromatic rings. The van der Waals surface area contributed by atoms with Gasteiger partial charge in [-0.05, 0) is 49.8 Å². The molecule has 0 bridgehead atoms. The highest BCUT2D eigenvalue weighted by Crippen LogP contribution is 2.46. The van der Waals surface area contributed by atoms with E-state index < -0.39 is 0 Å². The van der Waals surface area contributed by atoms with Crippen LogP contribution in [0.2, 0.25) is 0 Å². The minimum absolute atomic E-state index is 0.638. The van der Waals surface area contributed by atoms with Gasteiger partial charge in [0.25, 0.3) is 0 Å². The summed E-state index contributed by atoms with van der Waals surface area (Å²) in [6, 6.07) is 7.22.